The third kappa shape index (κ3) is 7.84. The zero-order valence-electron chi connectivity index (χ0n) is 24.6. The van der Waals surface area contributed by atoms with Crippen molar-refractivity contribution >= 4 is 11.5 Å². The number of hydrogen-bond acceptors (Lipinski definition) is 2. The van der Waals surface area contributed by atoms with Crippen LogP contribution in [0, 0.1) is 0 Å². The van der Waals surface area contributed by atoms with Crippen LogP contribution in [0.1, 0.15) is 73.6 Å². The molecule has 0 unspecified atom stereocenters. The van der Waals surface area contributed by atoms with E-state index in [4.69, 9.17) is 5.73 Å². The van der Waals surface area contributed by atoms with Gasteiger partial charge in [0.05, 0.1) is 0 Å². The summed E-state index contributed by atoms with van der Waals surface area (Å²) in [4.78, 5) is 11.3. The second-order valence-electron chi connectivity index (χ2n) is 10.1. The Hall–Kier alpha value is -3.07. The summed E-state index contributed by atoms with van der Waals surface area (Å²) < 4.78 is 182. The zero-order chi connectivity index (χ0) is 35.6. The Kier molecular flexibility index (Phi) is 12.2. The summed E-state index contributed by atoms with van der Waals surface area (Å²) in [5.74, 6) is -0.287. The highest BCUT2D eigenvalue weighted by Crippen LogP contribution is 2.55. The fourth-order valence-corrected chi connectivity index (χ4v) is 4.64. The largest absolute Gasteiger partial charge is 0.435 e. The van der Waals surface area contributed by atoms with Crippen LogP contribution in [-0.2, 0) is 48.2 Å². The zero-order valence-corrected chi connectivity index (χ0v) is 24.6. The molecule has 0 spiro atoms. The smallest absolute Gasteiger partial charge is 0.398 e. The van der Waals surface area contributed by atoms with Gasteiger partial charge in [-0.15, -0.1) is 0 Å². The Morgan fingerprint density at radius 3 is 0.978 bits per heavy atom. The number of rotatable bonds is 8. The van der Waals surface area contributed by atoms with Crippen molar-refractivity contribution in [1.82, 2.24) is 0 Å². The first-order valence-corrected chi connectivity index (χ1v) is 13.4. The lowest BCUT2D eigenvalue weighted by Crippen LogP contribution is -2.50. The van der Waals surface area contributed by atoms with E-state index in [9.17, 15) is 66.3 Å². The molecular formula is C29H31F14NO. The highest BCUT2D eigenvalue weighted by atomic mass is 19.4. The highest BCUT2D eigenvalue weighted by molar-refractivity contribution is 5.79. The minimum Gasteiger partial charge on any atom is -0.398 e. The Labute approximate surface area is 250 Å². The second kappa shape index (κ2) is 13.7. The number of hydrogen-bond donors (Lipinski definition) is 1. The molecule has 16 heteroatoms. The number of alkyl halides is 14. The molecule has 2 N–H and O–H groups in total. The number of aryl methyl sites for hydroxylation is 4. The van der Waals surface area contributed by atoms with Gasteiger partial charge in [-0.25, -0.2) is 8.78 Å². The van der Waals surface area contributed by atoms with Crippen molar-refractivity contribution in [2.24, 2.45) is 0 Å². The van der Waals surface area contributed by atoms with Gasteiger partial charge >= 0.3 is 36.0 Å². The van der Waals surface area contributed by atoms with Crippen molar-refractivity contribution in [1.29, 1.82) is 0 Å². The molecule has 0 aliphatic heterocycles. The van der Waals surface area contributed by atoms with E-state index in [0.29, 0.717) is 29.8 Å². The molecule has 256 valence electrons. The number of ketones is 1. The summed E-state index contributed by atoms with van der Waals surface area (Å²) in [5, 5.41) is 0. The van der Waals surface area contributed by atoms with Gasteiger partial charge in [-0.3, -0.25) is 4.79 Å². The lowest BCUT2D eigenvalue weighted by molar-refractivity contribution is -0.349. The average Bonchev–Trinajstić information content (AvgIpc) is 2.89. The van der Waals surface area contributed by atoms with E-state index >= 15 is 0 Å². The third-order valence-corrected chi connectivity index (χ3v) is 7.09. The van der Waals surface area contributed by atoms with Crippen LogP contribution in [0.15, 0.2) is 24.3 Å². The molecule has 0 fully saturated rings. The maximum absolute atomic E-state index is 14.2. The van der Waals surface area contributed by atoms with Gasteiger partial charge in [-0.1, -0.05) is 39.8 Å². The molecule has 2 aromatic rings. The third-order valence-electron chi connectivity index (χ3n) is 7.09. The minimum absolute atomic E-state index is 0.0554. The van der Waals surface area contributed by atoms with E-state index in [1.807, 2.05) is 0 Å². The van der Waals surface area contributed by atoms with E-state index in [2.05, 4.69) is 0 Å². The molecule has 2 aromatic carbocycles. The summed E-state index contributed by atoms with van der Waals surface area (Å²) in [5.41, 5.74) is -7.42. The average molecular weight is 676 g/mol. The normalized spacial score (nSPS) is 13.4. The first-order valence-electron chi connectivity index (χ1n) is 13.4. The Balaban J connectivity index is 0.000000454. The molecule has 0 saturated heterocycles. The number of anilines is 1. The SMILES string of the molecule is CCc1cc(C(F)(C(F)(F)F)C(F)(F)F)cc(CC)c1CC(C)=O.CCc1cc(C(F)(C(F)(F)F)C(F)(F)F)cc(CC)c1N. The van der Waals surface area contributed by atoms with Crippen LogP contribution in [-0.4, -0.2) is 30.5 Å². The molecule has 2 nitrogen and oxygen atoms in total. The molecule has 0 saturated carbocycles. The Morgan fingerprint density at radius 2 is 0.778 bits per heavy atom. The quantitative estimate of drug-likeness (QED) is 0.224. The first kappa shape index (κ1) is 40.0. The van der Waals surface area contributed by atoms with Crippen LogP contribution in [0.4, 0.5) is 67.2 Å². The van der Waals surface area contributed by atoms with Crippen LogP contribution in [0.25, 0.3) is 0 Å². The van der Waals surface area contributed by atoms with E-state index in [0.717, 1.165) is 0 Å². The van der Waals surface area contributed by atoms with Crippen molar-refractivity contribution in [3.05, 3.63) is 63.2 Å². The number of Topliss-reactive ketones (excluding diaryl/α,β-unsaturated/α-hetero) is 1. The van der Waals surface area contributed by atoms with Gasteiger partial charge in [0, 0.05) is 23.2 Å². The molecule has 0 bridgehead atoms. The second-order valence-corrected chi connectivity index (χ2v) is 10.1. The van der Waals surface area contributed by atoms with Crippen molar-refractivity contribution in [2.45, 2.75) is 103 Å². The lowest BCUT2D eigenvalue weighted by atomic mass is 9.85. The molecule has 0 aliphatic rings. The van der Waals surface area contributed by atoms with Crippen molar-refractivity contribution in [2.75, 3.05) is 5.73 Å². The molecule has 0 atom stereocenters. The predicted molar refractivity (Wildman–Crippen MR) is 139 cm³/mol. The van der Waals surface area contributed by atoms with Crippen molar-refractivity contribution < 1.29 is 66.3 Å². The van der Waals surface area contributed by atoms with Gasteiger partial charge in [-0.05, 0) is 72.6 Å². The van der Waals surface area contributed by atoms with Gasteiger partial charge < -0.3 is 5.73 Å². The maximum atomic E-state index is 14.2. The number of nitrogens with two attached hydrogens (primary N) is 1. The molecule has 0 radical (unpaired) electrons. The summed E-state index contributed by atoms with van der Waals surface area (Å²) in [6.07, 6.45) is -24.3. The summed E-state index contributed by atoms with van der Waals surface area (Å²) >= 11 is 0. The summed E-state index contributed by atoms with van der Waals surface area (Å²) in [7, 11) is 0. The summed E-state index contributed by atoms with van der Waals surface area (Å²) in [6.45, 7) is 7.32. The number of benzene rings is 2. The lowest BCUT2D eigenvalue weighted by Gasteiger charge is -2.31. The van der Waals surface area contributed by atoms with Gasteiger partial charge in [0.15, 0.2) is 0 Å². The van der Waals surface area contributed by atoms with Crippen LogP contribution < -0.4 is 5.73 Å². The number of carbonyl (C=O) groups excluding carboxylic acids is 1. The minimum atomic E-state index is -6.15. The first-order chi connectivity index (χ1) is 20.2. The molecule has 0 amide bonds. The topological polar surface area (TPSA) is 43.1 Å². The molecule has 0 heterocycles. The molecule has 2 rings (SSSR count). The highest BCUT2D eigenvalue weighted by Gasteiger charge is 2.74. The van der Waals surface area contributed by atoms with Gasteiger partial charge in [0.25, 0.3) is 0 Å². The van der Waals surface area contributed by atoms with Crippen molar-refractivity contribution in [3.8, 4) is 0 Å². The summed E-state index contributed by atoms with van der Waals surface area (Å²) in [6, 6.07) is 2.21. The standard InChI is InChI=1S/C16H17F7O.C13H14F7N/c1-4-10-7-12(8-11(5-2)13(10)6-9(3)24)14(17,15(18,19)20)16(21,22)23;1-3-7-5-9(6-8(4-2)10(7)21)11(14,12(15,16)17)13(18,19)20/h7-8H,4-6H2,1-3H3;5-6H,3-4,21H2,1-2H3. The maximum Gasteiger partial charge on any atom is 0.435 e. The van der Waals surface area contributed by atoms with Crippen LogP contribution in [0.5, 0.6) is 0 Å². The van der Waals surface area contributed by atoms with E-state index in [1.165, 1.54) is 34.6 Å². The van der Waals surface area contributed by atoms with E-state index in [-0.39, 0.29) is 65.8 Å². The monoisotopic (exact) mass is 675 g/mol. The fourth-order valence-electron chi connectivity index (χ4n) is 4.64. The molecular weight excluding hydrogens is 644 g/mol. The van der Waals surface area contributed by atoms with Gasteiger partial charge in [-0.2, -0.15) is 52.7 Å². The number of halogens is 14. The van der Waals surface area contributed by atoms with Crippen LogP contribution in [0.2, 0.25) is 0 Å². The van der Waals surface area contributed by atoms with Crippen LogP contribution in [0.3, 0.4) is 0 Å². The van der Waals surface area contributed by atoms with E-state index < -0.39 is 47.2 Å². The molecule has 0 aliphatic carbocycles. The molecule has 0 aromatic heterocycles. The fraction of sp³-hybridized carbons (Fsp3) is 0.552. The van der Waals surface area contributed by atoms with Crippen LogP contribution >= 0.6 is 0 Å². The van der Waals surface area contributed by atoms with E-state index in [1.54, 1.807) is 0 Å². The Morgan fingerprint density at radius 1 is 0.533 bits per heavy atom. The number of nitrogen functional groups attached to an aromatic ring is 1. The Bertz CT molecular complexity index is 1260. The van der Waals surface area contributed by atoms with Gasteiger partial charge in [0.1, 0.15) is 5.78 Å². The predicted octanol–water partition coefficient (Wildman–Crippen LogP) is 9.92. The van der Waals surface area contributed by atoms with Crippen molar-refractivity contribution in [3.63, 3.8) is 0 Å². The number of carbonyl (C=O) groups is 1. The van der Waals surface area contributed by atoms with Gasteiger partial charge in [0.2, 0.25) is 0 Å². The molecule has 45 heavy (non-hydrogen) atoms.